The summed E-state index contributed by atoms with van der Waals surface area (Å²) in [6.45, 7) is 0. The minimum atomic E-state index is -0.250. The molecule has 0 spiro atoms. The van der Waals surface area contributed by atoms with E-state index in [1.165, 1.54) is 6.20 Å². The molecular weight excluding hydrogens is 332 g/mol. The molecule has 5 nitrogen and oxygen atoms in total. The monoisotopic (exact) mass is 342 g/mol. The number of rotatable bonds is 2. The number of carbonyl (C=O) groups excluding carboxylic acids is 1. The Kier molecular flexibility index (Phi) is 3.53. The third kappa shape index (κ3) is 2.85. The van der Waals surface area contributed by atoms with Crippen LogP contribution in [0.15, 0.2) is 53.3 Å². The molecule has 0 aliphatic carbocycles. The van der Waals surface area contributed by atoms with Gasteiger partial charge < -0.3 is 11.1 Å². The first kappa shape index (κ1) is 13.5. The third-order valence-electron chi connectivity index (χ3n) is 2.97. The number of fused-ring (bicyclic) bond motifs is 1. The van der Waals surface area contributed by atoms with E-state index in [4.69, 9.17) is 5.73 Å². The Morgan fingerprint density at radius 1 is 1.14 bits per heavy atom. The van der Waals surface area contributed by atoms with Gasteiger partial charge in [0.15, 0.2) is 0 Å². The van der Waals surface area contributed by atoms with Crippen LogP contribution in [0.4, 0.5) is 11.5 Å². The molecule has 2 aromatic heterocycles. The van der Waals surface area contributed by atoms with Gasteiger partial charge in [-0.25, -0.2) is 4.98 Å². The van der Waals surface area contributed by atoms with Crippen molar-refractivity contribution in [2.75, 3.05) is 11.1 Å². The van der Waals surface area contributed by atoms with Crippen molar-refractivity contribution in [2.24, 2.45) is 0 Å². The molecule has 3 aromatic rings. The van der Waals surface area contributed by atoms with E-state index < -0.39 is 0 Å². The second kappa shape index (κ2) is 5.49. The molecule has 0 bridgehead atoms. The summed E-state index contributed by atoms with van der Waals surface area (Å²) in [5.74, 6) is 0.128. The van der Waals surface area contributed by atoms with E-state index in [0.29, 0.717) is 17.1 Å². The molecule has 0 radical (unpaired) electrons. The van der Waals surface area contributed by atoms with Crippen LogP contribution in [0.2, 0.25) is 0 Å². The number of anilines is 2. The summed E-state index contributed by atoms with van der Waals surface area (Å²) >= 11 is 3.38. The summed E-state index contributed by atoms with van der Waals surface area (Å²) in [5, 5.41) is 3.78. The molecule has 104 valence electrons. The number of benzene rings is 1. The highest BCUT2D eigenvalue weighted by molar-refractivity contribution is 9.10. The Hall–Kier alpha value is -2.47. The highest BCUT2D eigenvalue weighted by atomic mass is 79.9. The number of para-hydroxylation sites is 1. The lowest BCUT2D eigenvalue weighted by atomic mass is 10.2. The summed E-state index contributed by atoms with van der Waals surface area (Å²) in [7, 11) is 0. The summed E-state index contributed by atoms with van der Waals surface area (Å²) in [5.41, 5.74) is 7.34. The van der Waals surface area contributed by atoms with E-state index in [1.54, 1.807) is 18.3 Å². The number of nitrogen functional groups attached to an aromatic ring is 1. The minimum absolute atomic E-state index is 0.250. The molecule has 3 N–H and O–H groups in total. The van der Waals surface area contributed by atoms with Crippen molar-refractivity contribution < 1.29 is 4.79 Å². The van der Waals surface area contributed by atoms with Crippen molar-refractivity contribution in [3.05, 3.63) is 58.8 Å². The average Bonchev–Trinajstić information content (AvgIpc) is 2.47. The number of nitrogens with one attached hydrogen (secondary N) is 1. The van der Waals surface area contributed by atoms with Gasteiger partial charge in [0.05, 0.1) is 16.8 Å². The molecule has 6 heteroatoms. The second-order valence-corrected chi connectivity index (χ2v) is 5.37. The first-order chi connectivity index (χ1) is 10.1. The van der Waals surface area contributed by atoms with Gasteiger partial charge in [0, 0.05) is 22.3 Å². The second-order valence-electron chi connectivity index (χ2n) is 4.46. The fourth-order valence-corrected chi connectivity index (χ4v) is 2.32. The summed E-state index contributed by atoms with van der Waals surface area (Å²) < 4.78 is 0.890. The molecule has 1 amide bonds. The van der Waals surface area contributed by atoms with Gasteiger partial charge in [-0.15, -0.1) is 0 Å². The quantitative estimate of drug-likeness (QED) is 0.749. The van der Waals surface area contributed by atoms with Gasteiger partial charge in [-0.1, -0.05) is 12.1 Å². The van der Waals surface area contributed by atoms with Gasteiger partial charge in [0.1, 0.15) is 5.82 Å². The van der Waals surface area contributed by atoms with Gasteiger partial charge in [-0.05, 0) is 40.2 Å². The lowest BCUT2D eigenvalue weighted by molar-refractivity contribution is 0.102. The number of aromatic nitrogens is 2. The molecule has 0 fully saturated rings. The maximum atomic E-state index is 12.2. The SMILES string of the molecule is Nc1ccc(C(=O)Nc2cccc3cc(Br)cnc23)cn1. The zero-order chi connectivity index (χ0) is 14.8. The van der Waals surface area contributed by atoms with E-state index in [1.807, 2.05) is 24.3 Å². The average molecular weight is 343 g/mol. The van der Waals surface area contributed by atoms with E-state index in [9.17, 15) is 4.79 Å². The van der Waals surface area contributed by atoms with Crippen LogP contribution < -0.4 is 11.1 Å². The van der Waals surface area contributed by atoms with E-state index in [-0.39, 0.29) is 5.91 Å². The molecule has 0 aliphatic heterocycles. The highest BCUT2D eigenvalue weighted by Crippen LogP contribution is 2.24. The maximum Gasteiger partial charge on any atom is 0.257 e. The third-order valence-corrected chi connectivity index (χ3v) is 3.41. The van der Waals surface area contributed by atoms with Gasteiger partial charge in [-0.3, -0.25) is 9.78 Å². The normalized spacial score (nSPS) is 10.5. The lowest BCUT2D eigenvalue weighted by Crippen LogP contribution is -2.12. The van der Waals surface area contributed by atoms with Crippen LogP contribution in [0.5, 0.6) is 0 Å². The minimum Gasteiger partial charge on any atom is -0.384 e. The highest BCUT2D eigenvalue weighted by Gasteiger charge is 2.09. The zero-order valence-electron chi connectivity index (χ0n) is 10.9. The van der Waals surface area contributed by atoms with Crippen LogP contribution in [0.25, 0.3) is 10.9 Å². The van der Waals surface area contributed by atoms with Crippen LogP contribution in [0.1, 0.15) is 10.4 Å². The smallest absolute Gasteiger partial charge is 0.257 e. The molecule has 2 heterocycles. The summed E-state index contributed by atoms with van der Waals surface area (Å²) in [6.07, 6.45) is 3.14. The van der Waals surface area contributed by atoms with Crippen molar-refractivity contribution in [2.45, 2.75) is 0 Å². The van der Waals surface area contributed by atoms with Crippen LogP contribution >= 0.6 is 15.9 Å². The standard InChI is InChI=1S/C15H11BrN4O/c16-11-6-9-2-1-3-12(14(9)19-8-11)20-15(21)10-4-5-13(17)18-7-10/h1-8H,(H2,17,18)(H,20,21). The van der Waals surface area contributed by atoms with Crippen molar-refractivity contribution in [3.8, 4) is 0 Å². The van der Waals surface area contributed by atoms with Gasteiger partial charge in [-0.2, -0.15) is 0 Å². The van der Waals surface area contributed by atoms with Crippen LogP contribution in [0.3, 0.4) is 0 Å². The molecule has 1 aromatic carbocycles. The first-order valence-electron chi connectivity index (χ1n) is 6.20. The number of carbonyl (C=O) groups is 1. The number of pyridine rings is 2. The molecule has 0 atom stereocenters. The Bertz CT molecular complexity index is 818. The van der Waals surface area contributed by atoms with E-state index in [0.717, 1.165) is 15.4 Å². The van der Waals surface area contributed by atoms with Crippen molar-refractivity contribution in [3.63, 3.8) is 0 Å². The van der Waals surface area contributed by atoms with Crippen molar-refractivity contribution in [1.29, 1.82) is 0 Å². The molecule has 0 saturated carbocycles. The predicted molar refractivity (Wildman–Crippen MR) is 86.0 cm³/mol. The maximum absolute atomic E-state index is 12.2. The van der Waals surface area contributed by atoms with Crippen LogP contribution in [-0.2, 0) is 0 Å². The largest absolute Gasteiger partial charge is 0.384 e. The molecule has 0 aliphatic rings. The molecule has 3 rings (SSSR count). The predicted octanol–water partition coefficient (Wildman–Crippen LogP) is 3.23. The number of halogens is 1. The Labute approximate surface area is 129 Å². The fourth-order valence-electron chi connectivity index (χ4n) is 1.97. The number of amides is 1. The Balaban J connectivity index is 1.94. The van der Waals surface area contributed by atoms with Gasteiger partial charge in [0.2, 0.25) is 0 Å². The number of nitrogens with two attached hydrogens (primary N) is 1. The van der Waals surface area contributed by atoms with Crippen LogP contribution in [0, 0.1) is 0 Å². The lowest BCUT2D eigenvalue weighted by Gasteiger charge is -2.08. The first-order valence-corrected chi connectivity index (χ1v) is 7.00. The summed E-state index contributed by atoms with van der Waals surface area (Å²) in [4.78, 5) is 20.5. The van der Waals surface area contributed by atoms with Gasteiger partial charge >= 0.3 is 0 Å². The number of hydrogen-bond acceptors (Lipinski definition) is 4. The zero-order valence-corrected chi connectivity index (χ0v) is 12.5. The van der Waals surface area contributed by atoms with Crippen molar-refractivity contribution in [1.82, 2.24) is 9.97 Å². The van der Waals surface area contributed by atoms with Crippen molar-refractivity contribution >= 4 is 44.2 Å². The molecular formula is C15H11BrN4O. The fraction of sp³-hybridized carbons (Fsp3) is 0. The van der Waals surface area contributed by atoms with E-state index >= 15 is 0 Å². The molecule has 0 saturated heterocycles. The Morgan fingerprint density at radius 2 is 2.00 bits per heavy atom. The van der Waals surface area contributed by atoms with E-state index in [2.05, 4.69) is 31.2 Å². The molecule has 21 heavy (non-hydrogen) atoms. The summed E-state index contributed by atoms with van der Waals surface area (Å²) in [6, 6.07) is 10.8. The number of nitrogens with zero attached hydrogens (tertiary/aromatic N) is 2. The number of hydrogen-bond donors (Lipinski definition) is 2. The van der Waals surface area contributed by atoms with Gasteiger partial charge in [0.25, 0.3) is 5.91 Å². The van der Waals surface area contributed by atoms with Crippen LogP contribution in [-0.4, -0.2) is 15.9 Å². The Morgan fingerprint density at radius 3 is 2.76 bits per heavy atom. The molecule has 0 unspecified atom stereocenters. The topological polar surface area (TPSA) is 80.9 Å².